The number of hydrogen-bond acceptors (Lipinski definition) is 4. The van der Waals surface area contributed by atoms with Crippen molar-refractivity contribution in [3.8, 4) is 0 Å². The fourth-order valence-electron chi connectivity index (χ4n) is 1.48. The average molecular weight is 284 g/mol. The number of aromatic nitrogens is 1. The van der Waals surface area contributed by atoms with Crippen molar-refractivity contribution < 1.29 is 18.7 Å². The Morgan fingerprint density at radius 1 is 1.42 bits per heavy atom. The van der Waals surface area contributed by atoms with Crippen molar-refractivity contribution in [1.29, 1.82) is 0 Å². The summed E-state index contributed by atoms with van der Waals surface area (Å²) in [5, 5.41) is 12.0. The molecule has 1 aromatic carbocycles. The quantitative estimate of drug-likeness (QED) is 0.905. The zero-order valence-electron chi connectivity index (χ0n) is 9.91. The number of nitrogens with zero attached hydrogens (tertiary/aromatic N) is 1. The molecule has 19 heavy (non-hydrogen) atoms. The second-order valence-electron chi connectivity index (χ2n) is 3.85. The van der Waals surface area contributed by atoms with E-state index in [1.807, 2.05) is 0 Å². The summed E-state index contributed by atoms with van der Waals surface area (Å²) < 4.78 is 25.8. The maximum atomic E-state index is 13.0. The minimum Gasteiger partial charge on any atom is -0.481 e. The molecule has 0 aliphatic rings. The van der Waals surface area contributed by atoms with E-state index in [4.69, 9.17) is 5.11 Å². The van der Waals surface area contributed by atoms with Crippen LogP contribution in [0.5, 0.6) is 0 Å². The molecule has 0 saturated heterocycles. The normalized spacial score (nSPS) is 10.5. The molecule has 2 N–H and O–H groups in total. The number of nitrogens with one attached hydrogen (secondary N) is 1. The number of rotatable bonds is 4. The Morgan fingerprint density at radius 3 is 2.79 bits per heavy atom. The lowest BCUT2D eigenvalue weighted by Gasteiger charge is -2.02. The van der Waals surface area contributed by atoms with Crippen molar-refractivity contribution in [1.82, 2.24) is 4.98 Å². The molecule has 2 rings (SSSR count). The second-order valence-corrected chi connectivity index (χ2v) is 4.94. The fraction of sp³-hybridized carbons (Fsp3) is 0.167. The van der Waals surface area contributed by atoms with Crippen LogP contribution in [0.1, 0.15) is 10.6 Å². The lowest BCUT2D eigenvalue weighted by atomic mass is 10.3. The highest BCUT2D eigenvalue weighted by atomic mass is 32.1. The summed E-state index contributed by atoms with van der Waals surface area (Å²) in [4.78, 5) is 15.4. The van der Waals surface area contributed by atoms with Crippen molar-refractivity contribution in [2.45, 2.75) is 13.3 Å². The zero-order valence-corrected chi connectivity index (χ0v) is 10.7. The van der Waals surface area contributed by atoms with Crippen LogP contribution >= 0.6 is 11.3 Å². The Balaban J connectivity index is 2.19. The lowest BCUT2D eigenvalue weighted by molar-refractivity contribution is -0.136. The fourth-order valence-corrected chi connectivity index (χ4v) is 2.45. The lowest BCUT2D eigenvalue weighted by Crippen LogP contribution is -1.99. The van der Waals surface area contributed by atoms with Gasteiger partial charge in [-0.1, -0.05) is 0 Å². The Hall–Kier alpha value is -2.02. The van der Waals surface area contributed by atoms with Crippen LogP contribution in [-0.4, -0.2) is 16.1 Å². The molecule has 0 spiro atoms. The third kappa shape index (κ3) is 3.25. The van der Waals surface area contributed by atoms with Crippen molar-refractivity contribution in [2.24, 2.45) is 0 Å². The van der Waals surface area contributed by atoms with E-state index in [1.54, 1.807) is 6.92 Å². The standard InChI is InChI=1S/C12H10F2N2O2S/c1-6-10(5-11(17)18)19-12(15-6)16-7-2-3-8(13)9(14)4-7/h2-4H,5H2,1H3,(H,15,16)(H,17,18). The SMILES string of the molecule is Cc1nc(Nc2ccc(F)c(F)c2)sc1CC(=O)O. The van der Waals surface area contributed by atoms with E-state index in [0.717, 1.165) is 12.1 Å². The molecule has 0 aliphatic carbocycles. The molecule has 0 amide bonds. The van der Waals surface area contributed by atoms with Gasteiger partial charge in [0.2, 0.25) is 0 Å². The van der Waals surface area contributed by atoms with Crippen LogP contribution in [0, 0.1) is 18.6 Å². The van der Waals surface area contributed by atoms with Crippen molar-refractivity contribution in [2.75, 3.05) is 5.32 Å². The summed E-state index contributed by atoms with van der Waals surface area (Å²) in [6, 6.07) is 3.41. The van der Waals surface area contributed by atoms with Crippen LogP contribution in [-0.2, 0) is 11.2 Å². The van der Waals surface area contributed by atoms with Crippen molar-refractivity contribution >= 4 is 28.1 Å². The van der Waals surface area contributed by atoms with E-state index in [0.29, 0.717) is 21.4 Å². The number of aryl methyl sites for hydroxylation is 1. The van der Waals surface area contributed by atoms with Crippen LogP contribution in [0.25, 0.3) is 0 Å². The maximum Gasteiger partial charge on any atom is 0.308 e. The number of aliphatic carboxylic acids is 1. The van der Waals surface area contributed by atoms with Crippen molar-refractivity contribution in [3.05, 3.63) is 40.4 Å². The first kappa shape index (κ1) is 13.4. The molecule has 0 radical (unpaired) electrons. The molecule has 0 unspecified atom stereocenters. The molecule has 1 aromatic heterocycles. The number of hydrogen-bond donors (Lipinski definition) is 2. The van der Waals surface area contributed by atoms with E-state index < -0.39 is 17.6 Å². The Labute approximate surface area is 111 Å². The third-order valence-electron chi connectivity index (χ3n) is 2.38. The molecular weight excluding hydrogens is 274 g/mol. The number of anilines is 2. The molecule has 7 heteroatoms. The molecule has 0 atom stereocenters. The molecule has 4 nitrogen and oxygen atoms in total. The van der Waals surface area contributed by atoms with Gasteiger partial charge in [-0.15, -0.1) is 11.3 Å². The van der Waals surface area contributed by atoms with Gasteiger partial charge in [0.05, 0.1) is 12.1 Å². The van der Waals surface area contributed by atoms with Gasteiger partial charge in [-0.25, -0.2) is 13.8 Å². The van der Waals surface area contributed by atoms with Crippen LogP contribution in [0.15, 0.2) is 18.2 Å². The number of thiazole rings is 1. The highest BCUT2D eigenvalue weighted by molar-refractivity contribution is 7.15. The van der Waals surface area contributed by atoms with Gasteiger partial charge in [-0.05, 0) is 19.1 Å². The molecule has 0 aliphatic heterocycles. The Kier molecular flexibility index (Phi) is 3.75. The summed E-state index contributed by atoms with van der Waals surface area (Å²) >= 11 is 1.17. The minimum atomic E-state index is -0.955. The highest BCUT2D eigenvalue weighted by Crippen LogP contribution is 2.26. The summed E-state index contributed by atoms with van der Waals surface area (Å²) in [5.41, 5.74) is 0.965. The van der Waals surface area contributed by atoms with E-state index in [9.17, 15) is 13.6 Å². The van der Waals surface area contributed by atoms with Crippen LogP contribution in [0.4, 0.5) is 19.6 Å². The van der Waals surface area contributed by atoms with E-state index >= 15 is 0 Å². The average Bonchev–Trinajstić information content (AvgIpc) is 2.64. The smallest absolute Gasteiger partial charge is 0.308 e. The van der Waals surface area contributed by atoms with Gasteiger partial charge >= 0.3 is 5.97 Å². The maximum absolute atomic E-state index is 13.0. The van der Waals surface area contributed by atoms with Gasteiger partial charge in [0.1, 0.15) is 0 Å². The monoisotopic (exact) mass is 284 g/mol. The van der Waals surface area contributed by atoms with Gasteiger partial charge in [-0.2, -0.15) is 0 Å². The van der Waals surface area contributed by atoms with Gasteiger partial charge in [-0.3, -0.25) is 4.79 Å². The molecular formula is C12H10F2N2O2S. The van der Waals surface area contributed by atoms with E-state index in [1.165, 1.54) is 17.4 Å². The molecule has 100 valence electrons. The minimum absolute atomic E-state index is 0.108. The number of carboxylic acids is 1. The van der Waals surface area contributed by atoms with Gasteiger partial charge in [0.15, 0.2) is 16.8 Å². The van der Waals surface area contributed by atoms with Crippen LogP contribution < -0.4 is 5.32 Å². The first-order chi connectivity index (χ1) is 8.95. The zero-order chi connectivity index (χ0) is 14.0. The highest BCUT2D eigenvalue weighted by Gasteiger charge is 2.11. The Morgan fingerprint density at radius 2 is 2.16 bits per heavy atom. The molecule has 0 bridgehead atoms. The van der Waals surface area contributed by atoms with E-state index in [2.05, 4.69) is 10.3 Å². The van der Waals surface area contributed by atoms with Crippen molar-refractivity contribution in [3.63, 3.8) is 0 Å². The van der Waals surface area contributed by atoms with Gasteiger partial charge in [0, 0.05) is 16.6 Å². The molecule has 2 aromatic rings. The predicted octanol–water partition coefficient (Wildman–Crippen LogP) is 3.10. The number of carboxylic acid groups (broad SMARTS) is 1. The number of halogens is 2. The largest absolute Gasteiger partial charge is 0.481 e. The van der Waals surface area contributed by atoms with E-state index in [-0.39, 0.29) is 6.42 Å². The predicted molar refractivity (Wildman–Crippen MR) is 67.8 cm³/mol. The second kappa shape index (κ2) is 5.31. The summed E-state index contributed by atoms with van der Waals surface area (Å²) in [6.07, 6.45) is -0.108. The number of benzene rings is 1. The Bertz CT molecular complexity index is 628. The first-order valence-electron chi connectivity index (χ1n) is 5.36. The summed E-state index contributed by atoms with van der Waals surface area (Å²) in [5.74, 6) is -2.82. The summed E-state index contributed by atoms with van der Waals surface area (Å²) in [7, 11) is 0. The van der Waals surface area contributed by atoms with Gasteiger partial charge in [0.25, 0.3) is 0 Å². The molecule has 0 saturated carbocycles. The summed E-state index contributed by atoms with van der Waals surface area (Å²) in [6.45, 7) is 1.70. The van der Waals surface area contributed by atoms with Gasteiger partial charge < -0.3 is 10.4 Å². The van der Waals surface area contributed by atoms with Crippen LogP contribution in [0.3, 0.4) is 0 Å². The topological polar surface area (TPSA) is 62.2 Å². The molecule has 0 fully saturated rings. The third-order valence-corrected chi connectivity index (χ3v) is 3.45. The molecule has 1 heterocycles. The van der Waals surface area contributed by atoms with Crippen LogP contribution in [0.2, 0.25) is 0 Å². The number of carbonyl (C=O) groups is 1. The first-order valence-corrected chi connectivity index (χ1v) is 6.17.